The summed E-state index contributed by atoms with van der Waals surface area (Å²) in [7, 11) is 0. The second-order valence-electron chi connectivity index (χ2n) is 8.41. The molecule has 1 N–H and O–H groups in total. The van der Waals surface area contributed by atoms with E-state index in [1.807, 2.05) is 42.5 Å². The summed E-state index contributed by atoms with van der Waals surface area (Å²) in [6.45, 7) is 4.15. The van der Waals surface area contributed by atoms with Crippen LogP contribution in [0.1, 0.15) is 50.2 Å². The highest BCUT2D eigenvalue weighted by atomic mass is 16.3. The molecule has 31 heavy (non-hydrogen) atoms. The van der Waals surface area contributed by atoms with Crippen molar-refractivity contribution in [2.45, 2.75) is 51.5 Å². The van der Waals surface area contributed by atoms with Gasteiger partial charge in [0, 0.05) is 24.6 Å². The number of fused-ring (bicyclic) bond motifs is 1. The molecule has 4 rings (SSSR count). The number of hydrogen-bond donors (Lipinski definition) is 1. The first-order valence-corrected chi connectivity index (χ1v) is 11.1. The van der Waals surface area contributed by atoms with E-state index in [-0.39, 0.29) is 23.5 Å². The summed E-state index contributed by atoms with van der Waals surface area (Å²) >= 11 is 0. The van der Waals surface area contributed by atoms with Gasteiger partial charge in [-0.25, -0.2) is 0 Å². The predicted molar refractivity (Wildman–Crippen MR) is 128 cm³/mol. The third kappa shape index (κ3) is 4.61. The number of allylic oxidation sites excluding steroid dienone is 2. The first-order chi connectivity index (χ1) is 15.1. The molecule has 3 aromatic carbocycles. The van der Waals surface area contributed by atoms with Crippen molar-refractivity contribution >= 4 is 22.3 Å². The van der Waals surface area contributed by atoms with Crippen LogP contribution in [-0.4, -0.2) is 22.6 Å². The molecule has 0 bridgehead atoms. The summed E-state index contributed by atoms with van der Waals surface area (Å²) in [6, 6.07) is 24.5. The molecule has 3 aromatic rings. The maximum Gasteiger partial charge on any atom is 0.168 e. The van der Waals surface area contributed by atoms with Crippen molar-refractivity contribution in [1.82, 2.24) is 0 Å². The topological polar surface area (TPSA) is 49.7 Å². The van der Waals surface area contributed by atoms with Crippen LogP contribution in [0.4, 0.5) is 0 Å². The zero-order valence-corrected chi connectivity index (χ0v) is 18.2. The Labute approximate surface area is 184 Å². The smallest absolute Gasteiger partial charge is 0.168 e. The number of carbonyl (C=O) groups is 1. The molecule has 0 heterocycles. The lowest BCUT2D eigenvalue weighted by Gasteiger charge is -2.27. The van der Waals surface area contributed by atoms with Crippen LogP contribution in [0.2, 0.25) is 0 Å². The van der Waals surface area contributed by atoms with E-state index < -0.39 is 0 Å². The Kier molecular flexibility index (Phi) is 6.31. The van der Waals surface area contributed by atoms with Crippen LogP contribution < -0.4 is 0 Å². The number of nitrogens with zero attached hydrogens (tertiary/aromatic N) is 1. The minimum Gasteiger partial charge on any atom is -0.511 e. The van der Waals surface area contributed by atoms with Crippen LogP contribution in [0.15, 0.2) is 89.1 Å². The number of aliphatic imine (C=N–C) groups is 1. The van der Waals surface area contributed by atoms with Crippen molar-refractivity contribution in [3.8, 4) is 0 Å². The van der Waals surface area contributed by atoms with E-state index in [9.17, 15) is 9.90 Å². The van der Waals surface area contributed by atoms with Crippen LogP contribution in [-0.2, 0) is 11.2 Å². The number of ketones is 1. The largest absolute Gasteiger partial charge is 0.511 e. The second-order valence-corrected chi connectivity index (χ2v) is 8.41. The lowest BCUT2D eigenvalue weighted by molar-refractivity contribution is -0.115. The van der Waals surface area contributed by atoms with Crippen molar-refractivity contribution in [2.24, 2.45) is 4.99 Å². The molecule has 2 atom stereocenters. The molecular weight excluding hydrogens is 382 g/mol. The summed E-state index contributed by atoms with van der Waals surface area (Å²) in [5.74, 6) is 0.223. The summed E-state index contributed by atoms with van der Waals surface area (Å²) in [5, 5.41) is 13.4. The molecular formula is C28H29NO2. The van der Waals surface area contributed by atoms with E-state index >= 15 is 0 Å². The fraction of sp³-hybridized carbons (Fsp3) is 0.286. The van der Waals surface area contributed by atoms with Crippen molar-refractivity contribution in [2.75, 3.05) is 0 Å². The Bertz CT molecular complexity index is 1140. The lowest BCUT2D eigenvalue weighted by atomic mass is 9.78. The standard InChI is InChI=1S/C28H29NO2/c1-3-19(2)29-25-16-23(20-10-5-4-6-11-20)18-27(31)28(25)26(30)17-22-14-9-13-21-12-7-8-15-24(21)22/h4-15,19,23,30H,3,16-18H2,1-2H3/b28-26-,29-25?. The van der Waals surface area contributed by atoms with Crippen LogP contribution in [0, 0.1) is 0 Å². The number of carbonyl (C=O) groups excluding carboxylic acids is 1. The molecule has 3 nitrogen and oxygen atoms in total. The average Bonchev–Trinajstić information content (AvgIpc) is 2.79. The van der Waals surface area contributed by atoms with Gasteiger partial charge in [-0.05, 0) is 47.6 Å². The van der Waals surface area contributed by atoms with E-state index in [2.05, 4.69) is 44.2 Å². The monoisotopic (exact) mass is 411 g/mol. The SMILES string of the molecule is CCC(C)N=C1CC(c2ccccc2)CC(=O)/C1=C(\O)Cc1cccc2ccccc12. The van der Waals surface area contributed by atoms with Crippen LogP contribution in [0.3, 0.4) is 0 Å². The fourth-order valence-electron chi connectivity index (χ4n) is 4.37. The zero-order chi connectivity index (χ0) is 21.8. The van der Waals surface area contributed by atoms with Gasteiger partial charge in [-0.2, -0.15) is 0 Å². The predicted octanol–water partition coefficient (Wildman–Crippen LogP) is 6.58. The molecule has 1 aliphatic carbocycles. The van der Waals surface area contributed by atoms with Gasteiger partial charge >= 0.3 is 0 Å². The van der Waals surface area contributed by atoms with Gasteiger partial charge < -0.3 is 5.11 Å². The first-order valence-electron chi connectivity index (χ1n) is 11.1. The normalized spacial score (nSPS) is 20.8. The van der Waals surface area contributed by atoms with Crippen molar-refractivity contribution in [3.05, 3.63) is 95.3 Å². The van der Waals surface area contributed by atoms with Crippen molar-refractivity contribution in [3.63, 3.8) is 0 Å². The molecule has 2 unspecified atom stereocenters. The first kappa shape index (κ1) is 21.0. The Balaban J connectivity index is 1.72. The fourth-order valence-corrected chi connectivity index (χ4v) is 4.37. The van der Waals surface area contributed by atoms with Crippen LogP contribution in [0.25, 0.3) is 10.8 Å². The summed E-state index contributed by atoms with van der Waals surface area (Å²) < 4.78 is 0. The molecule has 3 heteroatoms. The molecule has 1 saturated carbocycles. The third-order valence-electron chi connectivity index (χ3n) is 6.20. The number of Topliss-reactive ketones (excluding diaryl/α,β-unsaturated/α-hetero) is 1. The quantitative estimate of drug-likeness (QED) is 0.381. The maximum absolute atomic E-state index is 13.3. The van der Waals surface area contributed by atoms with E-state index in [1.165, 1.54) is 0 Å². The molecule has 0 spiro atoms. The Morgan fingerprint density at radius 3 is 2.48 bits per heavy atom. The van der Waals surface area contributed by atoms with E-state index in [0.717, 1.165) is 34.0 Å². The Morgan fingerprint density at radius 2 is 1.71 bits per heavy atom. The molecule has 158 valence electrons. The molecule has 0 saturated heterocycles. The molecule has 0 aromatic heterocycles. The zero-order valence-electron chi connectivity index (χ0n) is 18.2. The Morgan fingerprint density at radius 1 is 1.00 bits per heavy atom. The summed E-state index contributed by atoms with van der Waals surface area (Å²) in [4.78, 5) is 18.1. The van der Waals surface area contributed by atoms with Gasteiger partial charge in [-0.3, -0.25) is 9.79 Å². The second kappa shape index (κ2) is 9.30. The minimum atomic E-state index is -0.0140. The van der Waals surface area contributed by atoms with Gasteiger partial charge in [0.05, 0.1) is 5.57 Å². The van der Waals surface area contributed by atoms with Gasteiger partial charge in [-0.15, -0.1) is 0 Å². The molecule has 0 amide bonds. The Hall–Kier alpha value is -3.20. The van der Waals surface area contributed by atoms with Gasteiger partial charge in [0.1, 0.15) is 5.76 Å². The average molecular weight is 412 g/mol. The van der Waals surface area contributed by atoms with Crippen LogP contribution in [0.5, 0.6) is 0 Å². The molecule has 0 radical (unpaired) electrons. The molecule has 1 fully saturated rings. The number of benzene rings is 3. The molecule has 0 aliphatic heterocycles. The van der Waals surface area contributed by atoms with E-state index in [0.29, 0.717) is 24.8 Å². The maximum atomic E-state index is 13.3. The molecule has 1 aliphatic rings. The van der Waals surface area contributed by atoms with Gasteiger partial charge in [0.15, 0.2) is 5.78 Å². The third-order valence-corrected chi connectivity index (χ3v) is 6.20. The minimum absolute atomic E-state index is 0.0140. The highest BCUT2D eigenvalue weighted by molar-refractivity contribution is 6.25. The van der Waals surface area contributed by atoms with E-state index in [4.69, 9.17) is 4.99 Å². The van der Waals surface area contributed by atoms with E-state index in [1.54, 1.807) is 0 Å². The van der Waals surface area contributed by atoms with Gasteiger partial charge in [0.2, 0.25) is 0 Å². The van der Waals surface area contributed by atoms with Gasteiger partial charge in [0.25, 0.3) is 0 Å². The summed E-state index contributed by atoms with van der Waals surface area (Å²) in [6.07, 6.45) is 2.30. The number of aliphatic hydroxyl groups excluding tert-OH is 1. The number of rotatable bonds is 5. The summed E-state index contributed by atoms with van der Waals surface area (Å²) in [5.41, 5.74) is 3.35. The van der Waals surface area contributed by atoms with Crippen molar-refractivity contribution in [1.29, 1.82) is 0 Å². The van der Waals surface area contributed by atoms with Crippen molar-refractivity contribution < 1.29 is 9.90 Å². The van der Waals surface area contributed by atoms with Crippen LogP contribution >= 0.6 is 0 Å². The van der Waals surface area contributed by atoms with Gasteiger partial charge in [-0.1, -0.05) is 79.7 Å². The number of hydrogen-bond acceptors (Lipinski definition) is 3. The highest BCUT2D eigenvalue weighted by Crippen LogP contribution is 2.34. The lowest BCUT2D eigenvalue weighted by Crippen LogP contribution is -2.28. The number of aliphatic hydroxyl groups is 1. The highest BCUT2D eigenvalue weighted by Gasteiger charge is 2.32.